The Morgan fingerprint density at radius 1 is 0.800 bits per heavy atom. The fourth-order valence-corrected chi connectivity index (χ4v) is 6.72. The molecule has 180 valence electrons. The van der Waals surface area contributed by atoms with Crippen LogP contribution in [0.3, 0.4) is 0 Å². The number of carbonyl (C=O) groups is 1. The Kier molecular flexibility index (Phi) is 6.64. The van der Waals surface area contributed by atoms with Crippen molar-refractivity contribution < 1.29 is 9.53 Å². The molecule has 0 bridgehead atoms. The van der Waals surface area contributed by atoms with E-state index in [1.807, 2.05) is 23.9 Å². The number of hydrogen-bond acceptors (Lipinski definition) is 5. The van der Waals surface area contributed by atoms with Crippen LogP contribution in [0.5, 0.6) is 0 Å². The van der Waals surface area contributed by atoms with Crippen LogP contribution in [-0.2, 0) is 4.74 Å². The summed E-state index contributed by atoms with van der Waals surface area (Å²) in [4.78, 5) is 20.7. The molecular weight excluding hydrogens is 452 g/mol. The lowest BCUT2D eigenvalue weighted by atomic mass is 9.88. The summed E-state index contributed by atoms with van der Waals surface area (Å²) < 4.78 is 5.50. The second-order valence-electron chi connectivity index (χ2n) is 9.91. The van der Waals surface area contributed by atoms with Gasteiger partial charge in [0.2, 0.25) is 0 Å². The summed E-state index contributed by atoms with van der Waals surface area (Å²) in [5, 5.41) is 0. The SMILES string of the molecule is O=C(c1ccc(N2c3ccccc3Sc3ccccc32)cc1)C1CCN(CC2CCOCC2)CC1. The quantitative estimate of drug-likeness (QED) is 0.287. The summed E-state index contributed by atoms with van der Waals surface area (Å²) in [6.45, 7) is 5.04. The van der Waals surface area contributed by atoms with Crippen molar-refractivity contribution in [3.63, 3.8) is 0 Å². The number of hydrogen-bond donors (Lipinski definition) is 0. The highest BCUT2D eigenvalue weighted by Gasteiger charge is 2.28. The lowest BCUT2D eigenvalue weighted by molar-refractivity contribution is 0.0460. The highest BCUT2D eigenvalue weighted by molar-refractivity contribution is 7.99. The van der Waals surface area contributed by atoms with E-state index in [9.17, 15) is 4.79 Å². The van der Waals surface area contributed by atoms with Crippen LogP contribution in [0.25, 0.3) is 0 Å². The number of Topliss-reactive ketones (excluding diaryl/α,β-unsaturated/α-hetero) is 1. The maximum atomic E-state index is 13.3. The smallest absolute Gasteiger partial charge is 0.166 e. The lowest BCUT2D eigenvalue weighted by Gasteiger charge is -2.35. The molecule has 35 heavy (non-hydrogen) atoms. The number of para-hydroxylation sites is 2. The first-order valence-corrected chi connectivity index (χ1v) is 13.7. The molecular formula is C30H32N2O2S. The van der Waals surface area contributed by atoms with Crippen molar-refractivity contribution in [2.45, 2.75) is 35.5 Å². The van der Waals surface area contributed by atoms with Crippen LogP contribution in [0.1, 0.15) is 36.0 Å². The Labute approximate surface area is 212 Å². The summed E-state index contributed by atoms with van der Waals surface area (Å²) in [6.07, 6.45) is 4.29. The van der Waals surface area contributed by atoms with Gasteiger partial charge in [-0.15, -0.1) is 0 Å². The van der Waals surface area contributed by atoms with Gasteiger partial charge in [-0.25, -0.2) is 0 Å². The molecule has 2 saturated heterocycles. The van der Waals surface area contributed by atoms with Crippen molar-refractivity contribution in [1.82, 2.24) is 4.90 Å². The zero-order chi connectivity index (χ0) is 23.6. The number of ether oxygens (including phenoxy) is 1. The Hall–Kier alpha value is -2.60. The molecule has 3 aromatic rings. The van der Waals surface area contributed by atoms with Crippen molar-refractivity contribution >= 4 is 34.6 Å². The fourth-order valence-electron chi connectivity index (χ4n) is 5.67. The van der Waals surface area contributed by atoms with E-state index in [4.69, 9.17) is 4.74 Å². The molecule has 4 nitrogen and oxygen atoms in total. The Morgan fingerprint density at radius 2 is 1.40 bits per heavy atom. The summed E-state index contributed by atoms with van der Waals surface area (Å²) >= 11 is 1.81. The number of piperidine rings is 1. The maximum Gasteiger partial charge on any atom is 0.166 e. The molecule has 3 aromatic carbocycles. The largest absolute Gasteiger partial charge is 0.381 e. The van der Waals surface area contributed by atoms with Crippen molar-refractivity contribution in [2.75, 3.05) is 37.7 Å². The average molecular weight is 485 g/mol. The third-order valence-corrected chi connectivity index (χ3v) is 8.79. The molecule has 3 aliphatic heterocycles. The van der Waals surface area contributed by atoms with Gasteiger partial charge in [0, 0.05) is 46.7 Å². The van der Waals surface area contributed by atoms with Gasteiger partial charge in [0.25, 0.3) is 0 Å². The molecule has 0 spiro atoms. The van der Waals surface area contributed by atoms with Crippen LogP contribution >= 0.6 is 11.8 Å². The minimum atomic E-state index is 0.139. The molecule has 5 heteroatoms. The van der Waals surface area contributed by atoms with Gasteiger partial charge in [-0.2, -0.15) is 0 Å². The van der Waals surface area contributed by atoms with Crippen LogP contribution in [-0.4, -0.2) is 43.5 Å². The van der Waals surface area contributed by atoms with E-state index >= 15 is 0 Å². The van der Waals surface area contributed by atoms with Gasteiger partial charge in [0.05, 0.1) is 11.4 Å². The van der Waals surface area contributed by atoms with Gasteiger partial charge in [-0.05, 0) is 93.2 Å². The third-order valence-electron chi connectivity index (χ3n) is 7.66. The van der Waals surface area contributed by atoms with Crippen LogP contribution in [0, 0.1) is 11.8 Å². The van der Waals surface area contributed by atoms with E-state index in [0.717, 1.165) is 62.9 Å². The molecule has 0 saturated carbocycles. The van der Waals surface area contributed by atoms with Crippen molar-refractivity contribution in [3.8, 4) is 0 Å². The van der Waals surface area contributed by atoms with Gasteiger partial charge in [0.15, 0.2) is 5.78 Å². The first-order chi connectivity index (χ1) is 17.3. The predicted octanol–water partition coefficient (Wildman–Crippen LogP) is 6.94. The molecule has 0 unspecified atom stereocenters. The molecule has 3 aliphatic rings. The Morgan fingerprint density at radius 3 is 2.03 bits per heavy atom. The van der Waals surface area contributed by atoms with Crippen LogP contribution in [0.4, 0.5) is 17.1 Å². The number of fused-ring (bicyclic) bond motifs is 2. The molecule has 0 aliphatic carbocycles. The standard InChI is InChI=1S/C30H32N2O2S/c33-30(24-13-17-31(18-14-24)21-22-15-19-34-20-16-22)23-9-11-25(12-10-23)32-26-5-1-3-7-28(26)35-29-8-4-2-6-27(29)32/h1-12,22,24H,13-21H2. The van der Waals surface area contributed by atoms with Crippen molar-refractivity contribution in [2.24, 2.45) is 11.8 Å². The summed E-state index contributed by atoms with van der Waals surface area (Å²) in [6, 6.07) is 25.3. The number of anilines is 3. The lowest BCUT2D eigenvalue weighted by Crippen LogP contribution is -2.40. The van der Waals surface area contributed by atoms with Gasteiger partial charge >= 0.3 is 0 Å². The van der Waals surface area contributed by atoms with Crippen LogP contribution in [0.15, 0.2) is 82.6 Å². The first kappa shape index (κ1) is 22.8. The minimum absolute atomic E-state index is 0.139. The van der Waals surface area contributed by atoms with Crippen LogP contribution < -0.4 is 4.90 Å². The Bertz CT molecular complexity index is 1140. The highest BCUT2D eigenvalue weighted by atomic mass is 32.2. The van der Waals surface area contributed by atoms with E-state index in [1.165, 1.54) is 34.0 Å². The molecule has 0 N–H and O–H groups in total. The van der Waals surface area contributed by atoms with Gasteiger partial charge in [-0.3, -0.25) is 4.79 Å². The zero-order valence-electron chi connectivity index (χ0n) is 20.1. The third kappa shape index (κ3) is 4.77. The molecule has 0 radical (unpaired) electrons. The van der Waals surface area contributed by atoms with E-state index in [0.29, 0.717) is 5.78 Å². The number of carbonyl (C=O) groups excluding carboxylic acids is 1. The number of rotatable bonds is 5. The number of likely N-dealkylation sites (tertiary alicyclic amines) is 1. The second kappa shape index (κ2) is 10.2. The van der Waals surface area contributed by atoms with Gasteiger partial charge < -0.3 is 14.5 Å². The first-order valence-electron chi connectivity index (χ1n) is 12.9. The zero-order valence-corrected chi connectivity index (χ0v) is 20.9. The molecule has 0 aromatic heterocycles. The van der Waals surface area contributed by atoms with Crippen molar-refractivity contribution in [3.05, 3.63) is 78.4 Å². The maximum absolute atomic E-state index is 13.3. The average Bonchev–Trinajstić information content (AvgIpc) is 2.92. The molecule has 0 atom stereocenters. The number of benzene rings is 3. The van der Waals surface area contributed by atoms with E-state index in [1.54, 1.807) is 0 Å². The van der Waals surface area contributed by atoms with Crippen LogP contribution in [0.2, 0.25) is 0 Å². The monoisotopic (exact) mass is 484 g/mol. The second-order valence-corrected chi connectivity index (χ2v) is 11.0. The van der Waals surface area contributed by atoms with E-state index in [2.05, 4.69) is 70.5 Å². The molecule has 0 amide bonds. The van der Waals surface area contributed by atoms with Crippen molar-refractivity contribution in [1.29, 1.82) is 0 Å². The molecule has 6 rings (SSSR count). The van der Waals surface area contributed by atoms with E-state index in [-0.39, 0.29) is 5.92 Å². The fraction of sp³-hybridized carbons (Fsp3) is 0.367. The molecule has 2 fully saturated rings. The molecule has 3 heterocycles. The highest BCUT2D eigenvalue weighted by Crippen LogP contribution is 2.51. The van der Waals surface area contributed by atoms with Gasteiger partial charge in [-0.1, -0.05) is 36.0 Å². The number of nitrogens with zero attached hydrogens (tertiary/aromatic N) is 2. The number of ketones is 1. The minimum Gasteiger partial charge on any atom is -0.381 e. The topological polar surface area (TPSA) is 32.8 Å². The normalized spacial score (nSPS) is 19.3. The van der Waals surface area contributed by atoms with E-state index < -0.39 is 0 Å². The predicted molar refractivity (Wildman–Crippen MR) is 142 cm³/mol. The van der Waals surface area contributed by atoms with Gasteiger partial charge in [0.1, 0.15) is 0 Å². The summed E-state index contributed by atoms with van der Waals surface area (Å²) in [5.74, 6) is 1.20. The Balaban J connectivity index is 1.15. The summed E-state index contributed by atoms with van der Waals surface area (Å²) in [7, 11) is 0. The summed E-state index contributed by atoms with van der Waals surface area (Å²) in [5.41, 5.74) is 4.30.